The summed E-state index contributed by atoms with van der Waals surface area (Å²) in [5.41, 5.74) is 1.66. The van der Waals surface area contributed by atoms with Crippen molar-refractivity contribution in [2.45, 2.75) is 37.8 Å². The zero-order chi connectivity index (χ0) is 15.5. The summed E-state index contributed by atoms with van der Waals surface area (Å²) in [6.07, 6.45) is 7.15. The Morgan fingerprint density at radius 1 is 1.32 bits per heavy atom. The molecule has 0 spiro atoms. The fourth-order valence-corrected chi connectivity index (χ4v) is 4.05. The first-order valence-electron chi connectivity index (χ1n) is 8.22. The van der Waals surface area contributed by atoms with Gasteiger partial charge in [-0.3, -0.25) is 4.90 Å². The Kier molecular flexibility index (Phi) is 4.63. The first-order valence-corrected chi connectivity index (χ1v) is 8.22. The van der Waals surface area contributed by atoms with Crippen LogP contribution >= 0.6 is 0 Å². The average Bonchev–Trinajstić information content (AvgIpc) is 2.75. The lowest BCUT2D eigenvalue weighted by Crippen LogP contribution is -2.44. The van der Waals surface area contributed by atoms with Crippen LogP contribution in [0, 0.1) is 11.7 Å². The Hall–Kier alpha value is -1.61. The number of hydrogen-bond donors (Lipinski definition) is 1. The fraction of sp³-hybridized carbons (Fsp3) is 0.474. The first-order chi connectivity index (χ1) is 10.7. The van der Waals surface area contributed by atoms with Crippen LogP contribution in [0.25, 0.3) is 5.70 Å². The third-order valence-electron chi connectivity index (χ3n) is 5.10. The maximum absolute atomic E-state index is 13.3. The summed E-state index contributed by atoms with van der Waals surface area (Å²) in [4.78, 5) is 2.62. The molecule has 0 aliphatic carbocycles. The number of nitrogens with zero attached hydrogens (tertiary/aromatic N) is 1. The Morgan fingerprint density at radius 3 is 2.68 bits per heavy atom. The molecule has 1 aromatic rings. The molecular weight excluding hydrogens is 275 g/mol. The SMILES string of the molecule is C=CCN1C2CCC1CC(CNC(=C)c1cccc(F)c1)C2. The minimum Gasteiger partial charge on any atom is -0.385 e. The molecule has 1 aromatic carbocycles. The minimum atomic E-state index is -0.212. The second kappa shape index (κ2) is 6.66. The Morgan fingerprint density at radius 2 is 2.05 bits per heavy atom. The quantitative estimate of drug-likeness (QED) is 0.804. The molecule has 2 bridgehead atoms. The minimum absolute atomic E-state index is 0.212. The van der Waals surface area contributed by atoms with Crippen LogP contribution < -0.4 is 5.32 Å². The van der Waals surface area contributed by atoms with E-state index in [2.05, 4.69) is 23.4 Å². The highest BCUT2D eigenvalue weighted by Crippen LogP contribution is 2.38. The van der Waals surface area contributed by atoms with Crippen molar-refractivity contribution in [3.8, 4) is 0 Å². The van der Waals surface area contributed by atoms with Crippen LogP contribution in [-0.4, -0.2) is 30.1 Å². The molecule has 0 radical (unpaired) electrons. The lowest BCUT2D eigenvalue weighted by molar-refractivity contribution is 0.118. The molecule has 0 aromatic heterocycles. The second-order valence-corrected chi connectivity index (χ2v) is 6.58. The van der Waals surface area contributed by atoms with Crippen molar-refractivity contribution < 1.29 is 4.39 Å². The van der Waals surface area contributed by atoms with Crippen molar-refractivity contribution in [3.63, 3.8) is 0 Å². The lowest BCUT2D eigenvalue weighted by Gasteiger charge is -2.38. The summed E-state index contributed by atoms with van der Waals surface area (Å²) >= 11 is 0. The first kappa shape index (κ1) is 15.3. The smallest absolute Gasteiger partial charge is 0.123 e. The van der Waals surface area contributed by atoms with E-state index in [1.165, 1.54) is 37.8 Å². The van der Waals surface area contributed by atoms with E-state index >= 15 is 0 Å². The Labute approximate surface area is 132 Å². The topological polar surface area (TPSA) is 15.3 Å². The Balaban J connectivity index is 1.53. The molecule has 2 aliphatic heterocycles. The van der Waals surface area contributed by atoms with E-state index < -0.39 is 0 Å². The molecule has 0 amide bonds. The monoisotopic (exact) mass is 300 g/mol. The van der Waals surface area contributed by atoms with E-state index in [1.807, 2.05) is 12.1 Å². The number of nitrogens with one attached hydrogen (secondary N) is 1. The van der Waals surface area contributed by atoms with Gasteiger partial charge in [0, 0.05) is 30.9 Å². The highest BCUT2D eigenvalue weighted by molar-refractivity contribution is 5.61. The molecule has 0 saturated carbocycles. The van der Waals surface area contributed by atoms with Crippen LogP contribution in [0.4, 0.5) is 4.39 Å². The molecule has 1 N–H and O–H groups in total. The number of piperidine rings is 1. The van der Waals surface area contributed by atoms with E-state index in [1.54, 1.807) is 6.07 Å². The summed E-state index contributed by atoms with van der Waals surface area (Å²) < 4.78 is 13.3. The molecule has 22 heavy (non-hydrogen) atoms. The molecular formula is C19H25FN2. The van der Waals surface area contributed by atoms with Gasteiger partial charge < -0.3 is 5.32 Å². The van der Waals surface area contributed by atoms with E-state index in [0.717, 1.165) is 24.4 Å². The molecule has 3 rings (SSSR count). The van der Waals surface area contributed by atoms with E-state index in [0.29, 0.717) is 18.0 Å². The van der Waals surface area contributed by atoms with Crippen molar-refractivity contribution in [2.75, 3.05) is 13.1 Å². The van der Waals surface area contributed by atoms with E-state index in [4.69, 9.17) is 0 Å². The second-order valence-electron chi connectivity index (χ2n) is 6.58. The molecule has 2 atom stereocenters. The molecule has 2 saturated heterocycles. The van der Waals surface area contributed by atoms with Crippen LogP contribution in [0.1, 0.15) is 31.2 Å². The van der Waals surface area contributed by atoms with Crippen molar-refractivity contribution in [3.05, 3.63) is 54.9 Å². The maximum Gasteiger partial charge on any atom is 0.123 e. The van der Waals surface area contributed by atoms with Gasteiger partial charge in [-0.25, -0.2) is 4.39 Å². The number of benzene rings is 1. The van der Waals surface area contributed by atoms with Gasteiger partial charge in [0.05, 0.1) is 0 Å². The molecule has 3 heteroatoms. The number of hydrogen-bond acceptors (Lipinski definition) is 2. The zero-order valence-electron chi connectivity index (χ0n) is 13.1. The molecule has 2 unspecified atom stereocenters. The lowest BCUT2D eigenvalue weighted by atomic mass is 9.90. The van der Waals surface area contributed by atoms with Crippen LogP contribution in [0.5, 0.6) is 0 Å². The van der Waals surface area contributed by atoms with Gasteiger partial charge in [0.15, 0.2) is 0 Å². The zero-order valence-corrected chi connectivity index (χ0v) is 13.1. The summed E-state index contributed by atoms with van der Waals surface area (Å²) in [5, 5.41) is 3.41. The van der Waals surface area contributed by atoms with Gasteiger partial charge in [0.2, 0.25) is 0 Å². The third kappa shape index (κ3) is 3.25. The summed E-state index contributed by atoms with van der Waals surface area (Å²) in [6.45, 7) is 9.88. The molecule has 2 fully saturated rings. The third-order valence-corrected chi connectivity index (χ3v) is 5.10. The van der Waals surface area contributed by atoms with Crippen LogP contribution in [-0.2, 0) is 0 Å². The van der Waals surface area contributed by atoms with E-state index in [-0.39, 0.29) is 5.82 Å². The highest BCUT2D eigenvalue weighted by atomic mass is 19.1. The van der Waals surface area contributed by atoms with Gasteiger partial charge in [-0.2, -0.15) is 0 Å². The van der Waals surface area contributed by atoms with Gasteiger partial charge in [-0.1, -0.05) is 24.8 Å². The van der Waals surface area contributed by atoms with Crippen LogP contribution in [0.15, 0.2) is 43.5 Å². The highest BCUT2D eigenvalue weighted by Gasteiger charge is 2.39. The molecule has 118 valence electrons. The number of rotatable bonds is 6. The van der Waals surface area contributed by atoms with Gasteiger partial charge in [0.1, 0.15) is 5.82 Å². The van der Waals surface area contributed by atoms with Gasteiger partial charge in [0.25, 0.3) is 0 Å². The largest absolute Gasteiger partial charge is 0.385 e. The predicted molar refractivity (Wildman–Crippen MR) is 89.9 cm³/mol. The molecule has 2 heterocycles. The van der Waals surface area contributed by atoms with Crippen molar-refractivity contribution >= 4 is 5.70 Å². The van der Waals surface area contributed by atoms with Crippen LogP contribution in [0.3, 0.4) is 0 Å². The fourth-order valence-electron chi connectivity index (χ4n) is 4.05. The number of halogens is 1. The van der Waals surface area contributed by atoms with Crippen molar-refractivity contribution in [1.29, 1.82) is 0 Å². The molecule has 2 nitrogen and oxygen atoms in total. The summed E-state index contributed by atoms with van der Waals surface area (Å²) in [5.74, 6) is 0.472. The number of fused-ring (bicyclic) bond motifs is 2. The van der Waals surface area contributed by atoms with Gasteiger partial charge in [-0.05, 0) is 49.3 Å². The van der Waals surface area contributed by atoms with Crippen LogP contribution in [0.2, 0.25) is 0 Å². The van der Waals surface area contributed by atoms with Crippen molar-refractivity contribution in [2.24, 2.45) is 5.92 Å². The standard InChI is InChI=1S/C19H25FN2/c1-3-9-22-18-7-8-19(22)11-15(10-18)13-21-14(2)16-5-4-6-17(20)12-16/h3-6,12,15,18-19,21H,1-2,7-11,13H2. The predicted octanol–water partition coefficient (Wildman–Crippen LogP) is 3.82. The van der Waals surface area contributed by atoms with Gasteiger partial charge >= 0.3 is 0 Å². The maximum atomic E-state index is 13.3. The summed E-state index contributed by atoms with van der Waals surface area (Å²) in [7, 11) is 0. The Bertz CT molecular complexity index is 540. The van der Waals surface area contributed by atoms with E-state index in [9.17, 15) is 4.39 Å². The summed E-state index contributed by atoms with van der Waals surface area (Å²) in [6, 6.07) is 8.05. The average molecular weight is 300 g/mol. The van der Waals surface area contributed by atoms with Gasteiger partial charge in [-0.15, -0.1) is 6.58 Å². The normalized spacial score (nSPS) is 27.6. The van der Waals surface area contributed by atoms with Crippen molar-refractivity contribution in [1.82, 2.24) is 10.2 Å². The molecule has 2 aliphatic rings.